The SMILES string of the molecule is Cc1c(C(=O)Nc2cc3c(cc2Cl)OCCCO3)sc2cccc(F)c12. The number of amides is 1. The second kappa shape index (κ2) is 6.78. The van der Waals surface area contributed by atoms with Crippen LogP contribution in [-0.4, -0.2) is 19.1 Å². The van der Waals surface area contributed by atoms with E-state index >= 15 is 0 Å². The fraction of sp³-hybridized carbons (Fsp3) is 0.211. The zero-order chi connectivity index (χ0) is 18.3. The van der Waals surface area contributed by atoms with Gasteiger partial charge in [0.05, 0.1) is 28.8 Å². The molecule has 4 rings (SSSR count). The van der Waals surface area contributed by atoms with Crippen LogP contribution in [0.3, 0.4) is 0 Å². The van der Waals surface area contributed by atoms with Gasteiger partial charge in [-0.05, 0) is 24.6 Å². The molecule has 7 heteroatoms. The predicted octanol–water partition coefficient (Wildman–Crippen LogP) is 5.42. The Morgan fingerprint density at radius 1 is 1.23 bits per heavy atom. The maximum Gasteiger partial charge on any atom is 0.266 e. The van der Waals surface area contributed by atoms with E-state index in [9.17, 15) is 9.18 Å². The average Bonchev–Trinajstić information content (AvgIpc) is 2.80. The first-order chi connectivity index (χ1) is 12.5. The van der Waals surface area contributed by atoms with Crippen molar-refractivity contribution in [2.24, 2.45) is 0 Å². The second-order valence-corrected chi connectivity index (χ2v) is 7.41. The summed E-state index contributed by atoms with van der Waals surface area (Å²) in [6, 6.07) is 8.12. The average molecular weight is 392 g/mol. The van der Waals surface area contributed by atoms with E-state index < -0.39 is 0 Å². The summed E-state index contributed by atoms with van der Waals surface area (Å²) in [5.74, 6) is 0.440. The highest BCUT2D eigenvalue weighted by Crippen LogP contribution is 2.39. The lowest BCUT2D eigenvalue weighted by Gasteiger charge is -2.12. The molecule has 1 aromatic heterocycles. The number of rotatable bonds is 2. The molecule has 0 bridgehead atoms. The summed E-state index contributed by atoms with van der Waals surface area (Å²) >= 11 is 7.54. The van der Waals surface area contributed by atoms with E-state index in [1.54, 1.807) is 31.2 Å². The summed E-state index contributed by atoms with van der Waals surface area (Å²) in [4.78, 5) is 13.2. The summed E-state index contributed by atoms with van der Waals surface area (Å²) in [5, 5.41) is 3.63. The Kier molecular flexibility index (Phi) is 4.46. The molecule has 1 amide bonds. The summed E-state index contributed by atoms with van der Waals surface area (Å²) in [5.41, 5.74) is 1.05. The van der Waals surface area contributed by atoms with Crippen molar-refractivity contribution in [1.29, 1.82) is 0 Å². The number of fused-ring (bicyclic) bond motifs is 2. The molecule has 1 aliphatic rings. The number of carbonyl (C=O) groups is 1. The molecule has 4 nitrogen and oxygen atoms in total. The molecule has 0 unspecified atom stereocenters. The minimum atomic E-state index is -0.334. The number of carbonyl (C=O) groups excluding carboxylic acids is 1. The second-order valence-electron chi connectivity index (χ2n) is 5.95. The number of hydrogen-bond donors (Lipinski definition) is 1. The van der Waals surface area contributed by atoms with E-state index in [1.807, 2.05) is 0 Å². The van der Waals surface area contributed by atoms with E-state index in [0.29, 0.717) is 51.2 Å². The largest absolute Gasteiger partial charge is 0.490 e. The number of nitrogens with one attached hydrogen (secondary N) is 1. The van der Waals surface area contributed by atoms with Crippen molar-refractivity contribution < 1.29 is 18.7 Å². The summed E-state index contributed by atoms with van der Waals surface area (Å²) in [6.45, 7) is 2.84. The van der Waals surface area contributed by atoms with Crippen LogP contribution in [-0.2, 0) is 0 Å². The van der Waals surface area contributed by atoms with Crippen LogP contribution in [0.2, 0.25) is 5.02 Å². The lowest BCUT2D eigenvalue weighted by atomic mass is 10.1. The number of anilines is 1. The molecular formula is C19H15ClFNO3S. The van der Waals surface area contributed by atoms with Gasteiger partial charge in [-0.2, -0.15) is 0 Å². The van der Waals surface area contributed by atoms with Crippen LogP contribution in [0.5, 0.6) is 11.5 Å². The first-order valence-electron chi connectivity index (χ1n) is 8.12. The summed E-state index contributed by atoms with van der Waals surface area (Å²) in [6.07, 6.45) is 0.778. The van der Waals surface area contributed by atoms with Gasteiger partial charge in [-0.15, -0.1) is 11.3 Å². The number of ether oxygens (including phenoxy) is 2. The van der Waals surface area contributed by atoms with Crippen molar-refractivity contribution in [1.82, 2.24) is 0 Å². The van der Waals surface area contributed by atoms with Gasteiger partial charge in [0.15, 0.2) is 11.5 Å². The Labute approximate surface area is 158 Å². The van der Waals surface area contributed by atoms with Gasteiger partial charge in [-0.3, -0.25) is 4.79 Å². The van der Waals surface area contributed by atoms with E-state index in [0.717, 1.165) is 11.1 Å². The minimum absolute atomic E-state index is 0.330. The normalized spacial score (nSPS) is 13.5. The highest BCUT2D eigenvalue weighted by Gasteiger charge is 2.20. The van der Waals surface area contributed by atoms with Gasteiger partial charge in [0, 0.05) is 28.6 Å². The van der Waals surface area contributed by atoms with E-state index in [2.05, 4.69) is 5.32 Å². The standard InChI is InChI=1S/C19H15ClFNO3S/c1-10-17-12(21)4-2-5-16(17)26-18(10)19(23)22-13-9-15-14(8-11(13)20)24-6-3-7-25-15/h2,4-5,8-9H,3,6-7H2,1H3,(H,22,23). The van der Waals surface area contributed by atoms with Crippen molar-refractivity contribution >= 4 is 44.6 Å². The molecule has 0 saturated heterocycles. The first kappa shape index (κ1) is 17.1. The fourth-order valence-corrected chi connectivity index (χ4v) is 4.25. The van der Waals surface area contributed by atoms with Crippen LogP contribution in [0.1, 0.15) is 21.7 Å². The lowest BCUT2D eigenvalue weighted by Crippen LogP contribution is -2.12. The first-order valence-corrected chi connectivity index (χ1v) is 9.32. The number of benzene rings is 2. The predicted molar refractivity (Wildman–Crippen MR) is 102 cm³/mol. The minimum Gasteiger partial charge on any atom is -0.490 e. The van der Waals surface area contributed by atoms with Crippen LogP contribution >= 0.6 is 22.9 Å². The van der Waals surface area contributed by atoms with E-state index in [-0.39, 0.29) is 11.7 Å². The maximum absolute atomic E-state index is 14.1. The molecule has 26 heavy (non-hydrogen) atoms. The van der Waals surface area contributed by atoms with Gasteiger partial charge in [0.25, 0.3) is 5.91 Å². The Bertz CT molecular complexity index is 1020. The van der Waals surface area contributed by atoms with Gasteiger partial charge in [-0.25, -0.2) is 4.39 Å². The molecule has 0 atom stereocenters. The third-order valence-electron chi connectivity index (χ3n) is 4.19. The van der Waals surface area contributed by atoms with Crippen molar-refractivity contribution in [3.8, 4) is 11.5 Å². The topological polar surface area (TPSA) is 47.6 Å². The Balaban J connectivity index is 1.68. The van der Waals surface area contributed by atoms with Crippen molar-refractivity contribution in [2.75, 3.05) is 18.5 Å². The Hall–Kier alpha value is -2.31. The van der Waals surface area contributed by atoms with Gasteiger partial charge in [-0.1, -0.05) is 17.7 Å². The number of halogens is 2. The number of hydrogen-bond acceptors (Lipinski definition) is 4. The third-order valence-corrected chi connectivity index (χ3v) is 5.76. The van der Waals surface area contributed by atoms with Gasteiger partial charge < -0.3 is 14.8 Å². The maximum atomic E-state index is 14.1. The zero-order valence-corrected chi connectivity index (χ0v) is 15.5. The van der Waals surface area contributed by atoms with Crippen LogP contribution in [0.15, 0.2) is 30.3 Å². The Morgan fingerprint density at radius 3 is 2.69 bits per heavy atom. The summed E-state index contributed by atoms with van der Waals surface area (Å²) < 4.78 is 26.0. The van der Waals surface area contributed by atoms with Crippen molar-refractivity contribution in [3.05, 3.63) is 51.6 Å². The van der Waals surface area contributed by atoms with Gasteiger partial charge >= 0.3 is 0 Å². The van der Waals surface area contributed by atoms with E-state index in [4.69, 9.17) is 21.1 Å². The van der Waals surface area contributed by atoms with Crippen LogP contribution < -0.4 is 14.8 Å². The van der Waals surface area contributed by atoms with Gasteiger partial charge in [0.2, 0.25) is 0 Å². The number of aryl methyl sites for hydroxylation is 1. The molecule has 2 heterocycles. The molecule has 0 fully saturated rings. The number of thiophene rings is 1. The fourth-order valence-electron chi connectivity index (χ4n) is 2.93. The van der Waals surface area contributed by atoms with Gasteiger partial charge in [0.1, 0.15) is 5.82 Å². The quantitative estimate of drug-likeness (QED) is 0.634. The molecule has 1 N–H and O–H groups in total. The van der Waals surface area contributed by atoms with E-state index in [1.165, 1.54) is 17.4 Å². The van der Waals surface area contributed by atoms with Crippen molar-refractivity contribution in [3.63, 3.8) is 0 Å². The lowest BCUT2D eigenvalue weighted by molar-refractivity contribution is 0.103. The molecule has 0 spiro atoms. The molecule has 1 aliphatic heterocycles. The smallest absolute Gasteiger partial charge is 0.266 e. The Morgan fingerprint density at radius 2 is 1.96 bits per heavy atom. The zero-order valence-electron chi connectivity index (χ0n) is 13.9. The van der Waals surface area contributed by atoms with Crippen LogP contribution in [0.25, 0.3) is 10.1 Å². The molecule has 3 aromatic rings. The monoisotopic (exact) mass is 391 g/mol. The molecule has 0 saturated carbocycles. The van der Waals surface area contributed by atoms with Crippen LogP contribution in [0, 0.1) is 12.7 Å². The third kappa shape index (κ3) is 2.99. The molecule has 2 aromatic carbocycles. The molecule has 134 valence electrons. The van der Waals surface area contributed by atoms with Crippen molar-refractivity contribution in [2.45, 2.75) is 13.3 Å². The molecule has 0 radical (unpaired) electrons. The summed E-state index contributed by atoms with van der Waals surface area (Å²) in [7, 11) is 0. The van der Waals surface area contributed by atoms with Crippen LogP contribution in [0.4, 0.5) is 10.1 Å². The highest BCUT2D eigenvalue weighted by atomic mass is 35.5. The molecular weight excluding hydrogens is 377 g/mol. The molecule has 0 aliphatic carbocycles. The highest BCUT2D eigenvalue weighted by molar-refractivity contribution is 7.21.